The highest BCUT2D eigenvalue weighted by atomic mass is 127. The van der Waals surface area contributed by atoms with Crippen molar-refractivity contribution >= 4 is 22.6 Å². The topological polar surface area (TPSA) is 0 Å². The molecule has 2 aromatic rings. The molecule has 2 rings (SSSR count). The van der Waals surface area contributed by atoms with E-state index in [1.807, 2.05) is 12.1 Å². The van der Waals surface area contributed by atoms with Crippen LogP contribution in [0.3, 0.4) is 0 Å². The first kappa shape index (κ1) is 20.2. The molecule has 0 amide bonds. The number of benzene rings is 2. The summed E-state index contributed by atoms with van der Waals surface area (Å²) < 4.78 is 50.5. The van der Waals surface area contributed by atoms with Crippen molar-refractivity contribution < 1.29 is 17.6 Å². The summed E-state index contributed by atoms with van der Waals surface area (Å²) in [7, 11) is 0. The Labute approximate surface area is 159 Å². The highest BCUT2D eigenvalue weighted by Gasteiger charge is 2.34. The summed E-state index contributed by atoms with van der Waals surface area (Å²) in [4.78, 5) is 0. The van der Waals surface area contributed by atoms with Gasteiger partial charge in [0.1, 0.15) is 17.2 Å². The van der Waals surface area contributed by atoms with Gasteiger partial charge in [-0.25, -0.2) is 8.78 Å². The van der Waals surface area contributed by atoms with E-state index in [-0.39, 0.29) is 0 Å². The zero-order valence-corrected chi connectivity index (χ0v) is 16.3. The molecule has 0 radical (unpaired) electrons. The van der Waals surface area contributed by atoms with Crippen molar-refractivity contribution in [2.45, 2.75) is 49.4 Å². The zero-order valence-electron chi connectivity index (χ0n) is 14.1. The Morgan fingerprint density at radius 2 is 1.28 bits per heavy atom. The summed E-state index contributed by atoms with van der Waals surface area (Å²) in [6, 6.07) is 10.2. The quantitative estimate of drug-likeness (QED) is 0.171. The first-order valence-corrected chi connectivity index (χ1v) is 9.52. The Bertz CT molecular complexity index is 667. The van der Waals surface area contributed by atoms with Gasteiger partial charge in [0.15, 0.2) is 0 Å². The maximum absolute atomic E-state index is 13.8. The lowest BCUT2D eigenvalue weighted by atomic mass is 10.00. The van der Waals surface area contributed by atoms with Gasteiger partial charge in [-0.1, -0.05) is 44.0 Å². The fourth-order valence-corrected chi connectivity index (χ4v) is 3.30. The Hall–Kier alpha value is -1.11. The minimum Gasteiger partial charge on any atom is -0.206 e. The molecule has 25 heavy (non-hydrogen) atoms. The van der Waals surface area contributed by atoms with Crippen molar-refractivity contribution in [3.63, 3.8) is 0 Å². The zero-order chi connectivity index (χ0) is 18.4. The highest BCUT2D eigenvalue weighted by molar-refractivity contribution is 14.1. The summed E-state index contributed by atoms with van der Waals surface area (Å²) in [6.45, 7) is 2.17. The van der Waals surface area contributed by atoms with Crippen LogP contribution in [0.1, 0.15) is 48.4 Å². The van der Waals surface area contributed by atoms with Crippen LogP contribution < -0.4 is 0 Å². The van der Waals surface area contributed by atoms with E-state index in [1.54, 1.807) is 0 Å². The molecule has 0 aliphatic carbocycles. The van der Waals surface area contributed by atoms with Crippen LogP contribution in [-0.2, 0) is 23.2 Å². The second kappa shape index (κ2) is 9.01. The molecular weight excluding hydrogens is 443 g/mol. The third-order valence-corrected chi connectivity index (χ3v) is 4.72. The van der Waals surface area contributed by atoms with Gasteiger partial charge in [0.25, 0.3) is 0 Å². The number of hydrogen-bond donors (Lipinski definition) is 0. The molecule has 136 valence electrons. The van der Waals surface area contributed by atoms with Gasteiger partial charge in [-0.2, -0.15) is 8.78 Å². The third-order valence-electron chi connectivity index (χ3n) is 4.18. The average molecular weight is 464 g/mol. The fraction of sp³-hybridized carbons (Fsp3) is 0.400. The maximum atomic E-state index is 13.8. The number of hydrogen-bond acceptors (Lipinski definition) is 0. The van der Waals surface area contributed by atoms with E-state index in [0.717, 1.165) is 46.7 Å². The summed E-state index contributed by atoms with van der Waals surface area (Å²) in [5.41, 5.74) is 1.55. The van der Waals surface area contributed by atoms with Crippen molar-refractivity contribution in [2.24, 2.45) is 0 Å². The first-order chi connectivity index (χ1) is 11.8. The van der Waals surface area contributed by atoms with Gasteiger partial charge in [0, 0.05) is 22.6 Å². The van der Waals surface area contributed by atoms with Crippen molar-refractivity contribution in [3.8, 4) is 0 Å². The lowest BCUT2D eigenvalue weighted by Gasteiger charge is -2.13. The van der Waals surface area contributed by atoms with Crippen molar-refractivity contribution in [2.75, 3.05) is 0 Å². The molecule has 0 spiro atoms. The van der Waals surface area contributed by atoms with E-state index in [1.165, 1.54) is 24.8 Å². The predicted molar refractivity (Wildman–Crippen MR) is 101 cm³/mol. The molecule has 5 heteroatoms. The molecule has 2 aromatic carbocycles. The van der Waals surface area contributed by atoms with E-state index in [0.29, 0.717) is 18.4 Å². The molecule has 0 atom stereocenters. The molecule has 0 N–H and O–H groups in total. The number of aryl methyl sites for hydroxylation is 3. The molecule has 0 saturated heterocycles. The van der Waals surface area contributed by atoms with E-state index in [4.69, 9.17) is 0 Å². The van der Waals surface area contributed by atoms with Gasteiger partial charge >= 0.3 is 3.93 Å². The van der Waals surface area contributed by atoms with Crippen LogP contribution in [0.2, 0.25) is 0 Å². The molecule has 0 aromatic heterocycles. The SMILES string of the molecule is CCCCCc1ccc(CCc2cc(F)c(C(F)(F)I)c(F)c2)cc1. The summed E-state index contributed by atoms with van der Waals surface area (Å²) >= 11 is 0.738. The molecule has 0 saturated carbocycles. The average Bonchev–Trinajstić information content (AvgIpc) is 2.52. The second-order valence-electron chi connectivity index (χ2n) is 6.21. The van der Waals surface area contributed by atoms with Crippen molar-refractivity contribution in [1.29, 1.82) is 0 Å². The van der Waals surface area contributed by atoms with E-state index in [9.17, 15) is 17.6 Å². The van der Waals surface area contributed by atoms with Gasteiger partial charge in [-0.15, -0.1) is 0 Å². The van der Waals surface area contributed by atoms with Crippen LogP contribution in [0.5, 0.6) is 0 Å². The maximum Gasteiger partial charge on any atom is 0.327 e. The standard InChI is InChI=1S/C20H21F4I/c1-2-3-4-5-14-6-8-15(9-7-14)10-11-16-12-17(21)19(18(22)13-16)20(23,24)25/h6-9,12-13H,2-5,10-11H2,1H3. The van der Waals surface area contributed by atoms with Crippen LogP contribution in [-0.4, -0.2) is 0 Å². The molecule has 0 aliphatic heterocycles. The van der Waals surface area contributed by atoms with Crippen LogP contribution in [0.25, 0.3) is 0 Å². The molecule has 0 unspecified atom stereocenters. The smallest absolute Gasteiger partial charge is 0.206 e. The number of unbranched alkanes of at least 4 members (excludes halogenated alkanes) is 2. The van der Waals surface area contributed by atoms with Crippen LogP contribution in [0.4, 0.5) is 17.6 Å². The molecule has 0 fully saturated rings. The van der Waals surface area contributed by atoms with Gasteiger partial charge in [0.2, 0.25) is 0 Å². The largest absolute Gasteiger partial charge is 0.327 e. The normalized spacial score (nSPS) is 11.8. The summed E-state index contributed by atoms with van der Waals surface area (Å²) in [5, 5.41) is 0. The summed E-state index contributed by atoms with van der Waals surface area (Å²) in [5.74, 6) is -2.39. The Morgan fingerprint density at radius 1 is 0.800 bits per heavy atom. The van der Waals surface area contributed by atoms with Crippen LogP contribution >= 0.6 is 22.6 Å². The second-order valence-corrected chi connectivity index (χ2v) is 7.56. The fourth-order valence-electron chi connectivity index (χ4n) is 2.78. The van der Waals surface area contributed by atoms with E-state index >= 15 is 0 Å². The molecule has 0 aliphatic rings. The summed E-state index contributed by atoms with van der Waals surface area (Å²) in [6.07, 6.45) is 5.63. The number of alkyl halides is 3. The van der Waals surface area contributed by atoms with Crippen LogP contribution in [0.15, 0.2) is 36.4 Å². The van der Waals surface area contributed by atoms with Gasteiger partial charge < -0.3 is 0 Å². The number of rotatable bonds is 8. The first-order valence-electron chi connectivity index (χ1n) is 8.44. The third kappa shape index (κ3) is 5.97. The molecule has 0 heterocycles. The van der Waals surface area contributed by atoms with Crippen molar-refractivity contribution in [3.05, 3.63) is 70.3 Å². The minimum atomic E-state index is -3.56. The van der Waals surface area contributed by atoms with Gasteiger partial charge in [-0.3, -0.25) is 0 Å². The van der Waals surface area contributed by atoms with E-state index in [2.05, 4.69) is 19.1 Å². The van der Waals surface area contributed by atoms with Crippen molar-refractivity contribution in [1.82, 2.24) is 0 Å². The molecule has 0 bridgehead atoms. The highest BCUT2D eigenvalue weighted by Crippen LogP contribution is 2.38. The molecular formula is C20H21F4I. The van der Waals surface area contributed by atoms with E-state index < -0.39 is 21.1 Å². The van der Waals surface area contributed by atoms with Gasteiger partial charge in [-0.05, 0) is 54.5 Å². The number of halogens is 5. The Balaban J connectivity index is 1.99. The predicted octanol–water partition coefficient (Wildman–Crippen LogP) is 6.97. The lowest BCUT2D eigenvalue weighted by molar-refractivity contribution is 0.117. The van der Waals surface area contributed by atoms with Crippen LogP contribution in [0, 0.1) is 11.6 Å². The monoisotopic (exact) mass is 464 g/mol. The Kier molecular flexibility index (Phi) is 7.28. The minimum absolute atomic E-state index is 0.381. The Morgan fingerprint density at radius 3 is 1.76 bits per heavy atom. The lowest BCUT2D eigenvalue weighted by Crippen LogP contribution is -2.10. The van der Waals surface area contributed by atoms with Gasteiger partial charge in [0.05, 0.1) is 0 Å². The molecule has 0 nitrogen and oxygen atoms in total.